The first-order chi connectivity index (χ1) is 10.4. The fraction of sp³-hybridized carbons (Fsp3) is 0.333. The molecule has 0 saturated carbocycles. The van der Waals surface area contributed by atoms with Crippen molar-refractivity contribution >= 4 is 11.9 Å². The number of H-pyrrole nitrogens is 2. The van der Waals surface area contributed by atoms with E-state index in [1.54, 1.807) is 12.4 Å². The largest absolute Gasteiger partial charge is 5.00 e. The smallest absolute Gasteiger partial charge is 0.660 e. The summed E-state index contributed by atoms with van der Waals surface area (Å²) in [5, 5.41) is 13.2. The van der Waals surface area contributed by atoms with Crippen molar-refractivity contribution in [1.82, 2.24) is 19.9 Å². The van der Waals surface area contributed by atoms with Crippen LogP contribution in [0.15, 0.2) is 25.0 Å². The van der Waals surface area contributed by atoms with Gasteiger partial charge in [-0.15, -0.1) is 0 Å². The Morgan fingerprint density at radius 2 is 1.30 bits per heavy atom. The molecule has 2 rings (SSSR count). The van der Waals surface area contributed by atoms with Gasteiger partial charge in [0.15, 0.2) is 0 Å². The van der Waals surface area contributed by atoms with E-state index in [-0.39, 0.29) is 30.2 Å². The molecule has 2 heterocycles. The fourth-order valence-electron chi connectivity index (χ4n) is 1.41. The topological polar surface area (TPSA) is 185 Å². The molecule has 2 aromatic heterocycles. The number of nitrogens with zero attached hydrogens (tertiary/aromatic N) is 2. The summed E-state index contributed by atoms with van der Waals surface area (Å²) in [6.07, 6.45) is 6.62. The van der Waals surface area contributed by atoms with E-state index in [1.807, 2.05) is 0 Å². The van der Waals surface area contributed by atoms with E-state index in [0.29, 0.717) is 11.4 Å². The van der Waals surface area contributed by atoms with Gasteiger partial charge in [-0.25, -0.2) is 9.97 Å². The Hall–Kier alpha value is -2.19. The van der Waals surface area contributed by atoms with Crippen LogP contribution in [0.25, 0.3) is 11.5 Å². The van der Waals surface area contributed by atoms with Gasteiger partial charge in [-0.2, -0.15) is 0 Å². The molecule has 0 fully saturated rings. The Labute approximate surface area is 142 Å². The number of imidazole rings is 2. The molecule has 0 aliphatic heterocycles. The summed E-state index contributed by atoms with van der Waals surface area (Å²) in [5.41, 5.74) is 15.5. The number of carbonyl (C=O) groups is 2. The second-order valence-electron chi connectivity index (χ2n) is 4.36. The predicted molar refractivity (Wildman–Crippen MR) is 78.0 cm³/mol. The van der Waals surface area contributed by atoms with E-state index in [2.05, 4.69) is 19.9 Å². The molecule has 121 valence electrons. The number of rotatable bonds is 6. The standard InChI is InChI=1S/2C6H8N3O2.Cr/c2*7-5(6(10)11)1-4-2-8-3-9-4;/h2*2-3,5,7H,1H2,(H,8,9)(H,10,11);/q2*-1;+5/p+2. The molecular weight excluding hydrogens is 344 g/mol. The number of nitrogens with one attached hydrogen (secondary N) is 4. The van der Waals surface area contributed by atoms with Gasteiger partial charge in [-0.1, -0.05) is 0 Å². The van der Waals surface area contributed by atoms with Gasteiger partial charge in [-0.05, 0) is 12.8 Å². The van der Waals surface area contributed by atoms with Crippen LogP contribution in [-0.4, -0.2) is 54.2 Å². The molecule has 0 aliphatic rings. The van der Waals surface area contributed by atoms with Crippen molar-refractivity contribution in [3.8, 4) is 0 Å². The molecule has 23 heavy (non-hydrogen) atoms. The second kappa shape index (κ2) is 10.5. The molecule has 0 aromatic carbocycles. The zero-order valence-corrected chi connectivity index (χ0v) is 13.3. The molecule has 0 amide bonds. The van der Waals surface area contributed by atoms with Crippen molar-refractivity contribution in [2.24, 2.45) is 0 Å². The van der Waals surface area contributed by atoms with E-state index in [9.17, 15) is 9.59 Å². The van der Waals surface area contributed by atoms with Gasteiger partial charge in [0.2, 0.25) is 0 Å². The fourth-order valence-corrected chi connectivity index (χ4v) is 1.41. The average molecular weight is 362 g/mol. The summed E-state index contributed by atoms with van der Waals surface area (Å²) in [6.45, 7) is 0. The minimum atomic E-state index is -1.00. The van der Waals surface area contributed by atoms with Gasteiger partial charge in [0.1, 0.15) is 0 Å². The Kier molecular flexibility index (Phi) is 9.52. The van der Waals surface area contributed by atoms with Crippen LogP contribution in [0.1, 0.15) is 11.4 Å². The van der Waals surface area contributed by atoms with E-state index in [0.717, 1.165) is 0 Å². The third-order valence-corrected chi connectivity index (χ3v) is 2.57. The van der Waals surface area contributed by atoms with E-state index < -0.39 is 24.0 Å². The van der Waals surface area contributed by atoms with Crippen LogP contribution in [0.5, 0.6) is 0 Å². The van der Waals surface area contributed by atoms with Crippen LogP contribution in [0.4, 0.5) is 0 Å². The SMILES string of the molecule is [Cr+5].[NH-]C(Cc1c[nH]cn1)C(=O)[OH2+].[NH-]C(Cc1c[nH]cn1)C(=O)[OH2+]. The Morgan fingerprint density at radius 1 is 0.957 bits per heavy atom. The molecule has 0 spiro atoms. The molecule has 1 radical (unpaired) electrons. The van der Waals surface area contributed by atoms with Gasteiger partial charge in [0.25, 0.3) is 0 Å². The zero-order chi connectivity index (χ0) is 16.5. The molecule has 0 saturated heterocycles. The van der Waals surface area contributed by atoms with Gasteiger partial charge in [0, 0.05) is 34.1 Å². The molecule has 0 aliphatic carbocycles. The third kappa shape index (κ3) is 8.13. The van der Waals surface area contributed by atoms with Crippen LogP contribution in [0, 0.1) is 0 Å². The normalized spacial score (nSPS) is 12.3. The second-order valence-corrected chi connectivity index (χ2v) is 4.36. The maximum Gasteiger partial charge on any atom is 5.00 e. The molecule has 8 N–H and O–H groups in total. The first kappa shape index (κ1) is 20.8. The minimum Gasteiger partial charge on any atom is -0.660 e. The number of aromatic nitrogens is 4. The summed E-state index contributed by atoms with van der Waals surface area (Å²) < 4.78 is 0. The average Bonchev–Trinajstić information content (AvgIpc) is 3.12. The van der Waals surface area contributed by atoms with Crippen molar-refractivity contribution in [3.05, 3.63) is 47.9 Å². The van der Waals surface area contributed by atoms with Crippen molar-refractivity contribution in [2.45, 2.75) is 24.9 Å². The monoisotopic (exact) mass is 362 g/mol. The van der Waals surface area contributed by atoms with Gasteiger partial charge < -0.3 is 31.6 Å². The molecule has 2 unspecified atom stereocenters. The summed E-state index contributed by atoms with van der Waals surface area (Å²) in [6, 6.07) is -2.00. The summed E-state index contributed by atoms with van der Waals surface area (Å²) in [7, 11) is 0. The van der Waals surface area contributed by atoms with Crippen molar-refractivity contribution < 1.29 is 37.2 Å². The van der Waals surface area contributed by atoms with Crippen LogP contribution >= 0.6 is 0 Å². The van der Waals surface area contributed by atoms with Crippen molar-refractivity contribution in [2.75, 3.05) is 0 Å². The van der Waals surface area contributed by atoms with E-state index in [4.69, 9.17) is 21.7 Å². The van der Waals surface area contributed by atoms with Crippen molar-refractivity contribution in [3.63, 3.8) is 0 Å². The van der Waals surface area contributed by atoms with Gasteiger partial charge >= 0.3 is 29.3 Å². The number of aromatic amines is 2. The summed E-state index contributed by atoms with van der Waals surface area (Å²) in [5.74, 6) is -1.74. The third-order valence-electron chi connectivity index (χ3n) is 2.57. The van der Waals surface area contributed by atoms with Crippen LogP contribution < -0.4 is 0 Å². The maximum absolute atomic E-state index is 10.3. The van der Waals surface area contributed by atoms with E-state index in [1.165, 1.54) is 12.7 Å². The number of hydrogen-bond donors (Lipinski definition) is 2. The van der Waals surface area contributed by atoms with Crippen molar-refractivity contribution in [1.29, 1.82) is 0 Å². The molecule has 0 bridgehead atoms. The first-order valence-corrected chi connectivity index (χ1v) is 6.28. The van der Waals surface area contributed by atoms with Gasteiger partial charge in [0.05, 0.1) is 24.0 Å². The predicted octanol–water partition coefficient (Wildman–Crippen LogP) is -0.754. The van der Waals surface area contributed by atoms with Gasteiger partial charge in [-0.3, -0.25) is 0 Å². The van der Waals surface area contributed by atoms with Crippen LogP contribution in [0.2, 0.25) is 0 Å². The molecule has 2 aromatic rings. The Morgan fingerprint density at radius 3 is 1.52 bits per heavy atom. The minimum absolute atomic E-state index is 0. The first-order valence-electron chi connectivity index (χ1n) is 6.28. The maximum atomic E-state index is 10.3. The summed E-state index contributed by atoms with van der Waals surface area (Å²) >= 11 is 0. The summed E-state index contributed by atoms with van der Waals surface area (Å²) in [4.78, 5) is 33.7. The number of carbonyl (C=O) groups excluding carboxylic acids is 2. The quantitative estimate of drug-likeness (QED) is 0.640. The zero-order valence-electron chi connectivity index (χ0n) is 12.0. The van der Waals surface area contributed by atoms with Crippen LogP contribution in [-0.2, 0) is 39.8 Å². The van der Waals surface area contributed by atoms with Crippen LogP contribution in [0.3, 0.4) is 0 Å². The molecule has 2 atom stereocenters. The molecule has 10 nitrogen and oxygen atoms in total. The molecular formula is C12H18CrN6O4+5. The van der Waals surface area contributed by atoms with E-state index >= 15 is 0 Å². The Balaban J connectivity index is 0.000000403. The molecule has 11 heteroatoms. The number of hydrogen-bond acceptors (Lipinski definition) is 4. The Bertz CT molecular complexity index is 522.